The van der Waals surface area contributed by atoms with Gasteiger partial charge in [0.05, 0.1) is 17.8 Å². The molecule has 0 N–H and O–H groups in total. The van der Waals surface area contributed by atoms with Gasteiger partial charge in [0, 0.05) is 49.6 Å². The highest BCUT2D eigenvalue weighted by molar-refractivity contribution is 6.36. The average Bonchev–Trinajstić information content (AvgIpc) is 3.15. The topological polar surface area (TPSA) is 75.9 Å². The van der Waals surface area contributed by atoms with E-state index in [1.54, 1.807) is 41.1 Å². The Morgan fingerprint density at radius 2 is 1.89 bits per heavy atom. The molecule has 0 spiro atoms. The van der Waals surface area contributed by atoms with Crippen LogP contribution in [-0.4, -0.2) is 59.6 Å². The maximum absolute atomic E-state index is 12.4. The van der Waals surface area contributed by atoms with E-state index in [4.69, 9.17) is 32.4 Å². The number of carbonyl (C=O) groups is 2. The van der Waals surface area contributed by atoms with Crippen LogP contribution in [0, 0.1) is 0 Å². The lowest BCUT2D eigenvalue weighted by Gasteiger charge is -2.34. The van der Waals surface area contributed by atoms with Crippen molar-refractivity contribution in [1.29, 1.82) is 0 Å². The summed E-state index contributed by atoms with van der Waals surface area (Å²) in [6.45, 7) is 4.05. The summed E-state index contributed by atoms with van der Waals surface area (Å²) in [5.41, 5.74) is 0.700. The molecule has 0 saturated carbocycles. The van der Waals surface area contributed by atoms with Crippen LogP contribution in [0.25, 0.3) is 11.3 Å². The van der Waals surface area contributed by atoms with Crippen LogP contribution in [-0.2, 0) is 16.0 Å². The first-order valence-electron chi connectivity index (χ1n) is 9.07. The Hall–Kier alpha value is -2.25. The number of halogens is 2. The molecule has 1 aliphatic rings. The zero-order chi connectivity index (χ0) is 20.1. The van der Waals surface area contributed by atoms with E-state index in [0.717, 1.165) is 0 Å². The summed E-state index contributed by atoms with van der Waals surface area (Å²) in [5.74, 6) is 1.01. The molecule has 0 aliphatic carbocycles. The number of ether oxygens (including phenoxy) is 1. The van der Waals surface area contributed by atoms with Gasteiger partial charge in [-0.2, -0.15) is 0 Å². The first-order valence-corrected chi connectivity index (χ1v) is 9.83. The number of benzene rings is 1. The Morgan fingerprint density at radius 1 is 1.18 bits per heavy atom. The van der Waals surface area contributed by atoms with Gasteiger partial charge in [-0.15, -0.1) is 0 Å². The van der Waals surface area contributed by atoms with Gasteiger partial charge in [0.25, 0.3) is 0 Å². The molecule has 1 aromatic carbocycles. The molecular formula is C19H21Cl2N3O4. The molecule has 2 aromatic rings. The van der Waals surface area contributed by atoms with Crippen molar-refractivity contribution in [3.63, 3.8) is 0 Å². The van der Waals surface area contributed by atoms with Crippen molar-refractivity contribution in [2.75, 3.05) is 32.8 Å². The fourth-order valence-corrected chi connectivity index (χ4v) is 3.47. The fraction of sp³-hybridized carbons (Fsp3) is 0.421. The minimum Gasteiger partial charge on any atom is -0.450 e. The van der Waals surface area contributed by atoms with Gasteiger partial charge < -0.3 is 19.0 Å². The Labute approximate surface area is 173 Å². The van der Waals surface area contributed by atoms with Crippen molar-refractivity contribution in [2.24, 2.45) is 0 Å². The number of aromatic nitrogens is 1. The summed E-state index contributed by atoms with van der Waals surface area (Å²) in [6.07, 6.45) is 1.94. The number of nitrogens with zero attached hydrogens (tertiary/aromatic N) is 3. The van der Waals surface area contributed by atoms with Gasteiger partial charge in [0.1, 0.15) is 0 Å². The van der Waals surface area contributed by atoms with Crippen LogP contribution in [0.3, 0.4) is 0 Å². The number of piperazine rings is 1. The molecule has 1 aliphatic heterocycles. The second-order valence-corrected chi connectivity index (χ2v) is 7.15. The normalized spacial score (nSPS) is 14.2. The van der Waals surface area contributed by atoms with Gasteiger partial charge in [0.2, 0.25) is 5.91 Å². The van der Waals surface area contributed by atoms with E-state index in [1.807, 2.05) is 0 Å². The standard InChI is InChI=1S/C19H21Cl2N3O4/c1-2-27-19(26)24-9-7-23(8-10-24)18(25)6-5-17-22-12-16(28-17)14-4-3-13(20)11-15(14)21/h3-4,11-12H,2,5-10H2,1H3. The number of amides is 2. The number of hydrogen-bond donors (Lipinski definition) is 0. The second kappa shape index (κ2) is 9.30. The summed E-state index contributed by atoms with van der Waals surface area (Å²) < 4.78 is 10.7. The van der Waals surface area contributed by atoms with Gasteiger partial charge in [0.15, 0.2) is 11.7 Å². The van der Waals surface area contributed by atoms with E-state index in [0.29, 0.717) is 66.5 Å². The quantitative estimate of drug-likeness (QED) is 0.726. The van der Waals surface area contributed by atoms with Crippen molar-refractivity contribution >= 4 is 35.2 Å². The number of oxazole rings is 1. The number of carbonyl (C=O) groups excluding carboxylic acids is 2. The lowest BCUT2D eigenvalue weighted by Crippen LogP contribution is -2.50. The summed E-state index contributed by atoms with van der Waals surface area (Å²) in [5, 5.41) is 1.02. The summed E-state index contributed by atoms with van der Waals surface area (Å²) in [4.78, 5) is 31.7. The highest BCUT2D eigenvalue weighted by Crippen LogP contribution is 2.30. The third-order valence-electron chi connectivity index (χ3n) is 4.46. The van der Waals surface area contributed by atoms with Gasteiger partial charge in [-0.1, -0.05) is 23.2 Å². The Kier molecular flexibility index (Phi) is 6.80. The molecule has 2 amide bonds. The fourth-order valence-electron chi connectivity index (χ4n) is 2.96. The SMILES string of the molecule is CCOC(=O)N1CCN(C(=O)CCc2ncc(-c3ccc(Cl)cc3Cl)o2)CC1. The van der Waals surface area contributed by atoms with Gasteiger partial charge in [-0.05, 0) is 25.1 Å². The lowest BCUT2D eigenvalue weighted by atomic mass is 10.2. The second-order valence-electron chi connectivity index (χ2n) is 6.31. The Morgan fingerprint density at radius 3 is 2.57 bits per heavy atom. The average molecular weight is 426 g/mol. The largest absolute Gasteiger partial charge is 0.450 e. The van der Waals surface area contributed by atoms with Crippen molar-refractivity contribution in [1.82, 2.24) is 14.8 Å². The summed E-state index contributed by atoms with van der Waals surface area (Å²) in [6, 6.07) is 5.13. The number of rotatable bonds is 5. The Balaban J connectivity index is 1.50. The maximum Gasteiger partial charge on any atom is 0.409 e. The van der Waals surface area contributed by atoms with Gasteiger partial charge >= 0.3 is 6.09 Å². The van der Waals surface area contributed by atoms with E-state index in [1.165, 1.54) is 0 Å². The lowest BCUT2D eigenvalue weighted by molar-refractivity contribution is -0.132. The van der Waals surface area contributed by atoms with E-state index in [-0.39, 0.29) is 18.4 Å². The van der Waals surface area contributed by atoms with Crippen LogP contribution in [0.2, 0.25) is 10.0 Å². The molecule has 1 saturated heterocycles. The van der Waals surface area contributed by atoms with Crippen LogP contribution < -0.4 is 0 Å². The molecule has 28 heavy (non-hydrogen) atoms. The van der Waals surface area contributed by atoms with Crippen molar-refractivity contribution in [3.8, 4) is 11.3 Å². The molecule has 150 valence electrons. The minimum absolute atomic E-state index is 0.00721. The first-order chi connectivity index (χ1) is 13.5. The highest BCUT2D eigenvalue weighted by atomic mass is 35.5. The summed E-state index contributed by atoms with van der Waals surface area (Å²) in [7, 11) is 0. The highest BCUT2D eigenvalue weighted by Gasteiger charge is 2.25. The monoisotopic (exact) mass is 425 g/mol. The molecular weight excluding hydrogens is 405 g/mol. The van der Waals surface area contributed by atoms with E-state index in [2.05, 4.69) is 4.98 Å². The minimum atomic E-state index is -0.331. The Bertz CT molecular complexity index is 847. The van der Waals surface area contributed by atoms with Crippen molar-refractivity contribution < 1.29 is 18.7 Å². The predicted molar refractivity (Wildman–Crippen MR) is 105 cm³/mol. The zero-order valence-electron chi connectivity index (χ0n) is 15.5. The predicted octanol–water partition coefficient (Wildman–Crippen LogP) is 3.88. The molecule has 0 unspecified atom stereocenters. The van der Waals surface area contributed by atoms with Crippen molar-refractivity contribution in [2.45, 2.75) is 19.8 Å². The molecule has 2 heterocycles. The molecule has 0 bridgehead atoms. The van der Waals surface area contributed by atoms with E-state index in [9.17, 15) is 9.59 Å². The van der Waals surface area contributed by atoms with E-state index >= 15 is 0 Å². The third kappa shape index (κ3) is 4.97. The number of aryl methyl sites for hydroxylation is 1. The smallest absolute Gasteiger partial charge is 0.409 e. The molecule has 0 radical (unpaired) electrons. The van der Waals surface area contributed by atoms with Crippen molar-refractivity contribution in [3.05, 3.63) is 40.3 Å². The molecule has 0 atom stereocenters. The third-order valence-corrected chi connectivity index (χ3v) is 5.01. The van der Waals surface area contributed by atoms with Crippen LogP contribution in [0.1, 0.15) is 19.2 Å². The molecule has 3 rings (SSSR count). The zero-order valence-corrected chi connectivity index (χ0v) is 17.0. The van der Waals surface area contributed by atoms with Crippen LogP contribution in [0.5, 0.6) is 0 Å². The van der Waals surface area contributed by atoms with Gasteiger partial charge in [-0.3, -0.25) is 4.79 Å². The number of hydrogen-bond acceptors (Lipinski definition) is 5. The summed E-state index contributed by atoms with van der Waals surface area (Å²) >= 11 is 12.1. The van der Waals surface area contributed by atoms with Gasteiger partial charge in [-0.25, -0.2) is 9.78 Å². The molecule has 9 heteroatoms. The first kappa shape index (κ1) is 20.5. The molecule has 1 fully saturated rings. The van der Waals surface area contributed by atoms with Crippen LogP contribution in [0.15, 0.2) is 28.8 Å². The van der Waals surface area contributed by atoms with E-state index < -0.39 is 0 Å². The molecule has 1 aromatic heterocycles. The van der Waals surface area contributed by atoms with Crippen LogP contribution in [0.4, 0.5) is 4.79 Å². The maximum atomic E-state index is 12.4. The molecule has 7 nitrogen and oxygen atoms in total. The van der Waals surface area contributed by atoms with Crippen LogP contribution >= 0.6 is 23.2 Å².